The van der Waals surface area contributed by atoms with Gasteiger partial charge in [0.2, 0.25) is 11.8 Å². The van der Waals surface area contributed by atoms with Gasteiger partial charge in [-0.15, -0.1) is 11.8 Å². The molecule has 1 aliphatic rings. The van der Waals surface area contributed by atoms with Crippen LogP contribution in [0.5, 0.6) is 0 Å². The summed E-state index contributed by atoms with van der Waals surface area (Å²) < 4.78 is 0. The summed E-state index contributed by atoms with van der Waals surface area (Å²) in [4.78, 5) is 27.5. The third-order valence-corrected chi connectivity index (χ3v) is 6.17. The van der Waals surface area contributed by atoms with E-state index < -0.39 is 6.04 Å². The molecule has 0 aliphatic carbocycles. The van der Waals surface area contributed by atoms with E-state index in [1.165, 1.54) is 29.8 Å². The Morgan fingerprint density at radius 2 is 1.96 bits per heavy atom. The van der Waals surface area contributed by atoms with Gasteiger partial charge in [0.1, 0.15) is 6.04 Å². The van der Waals surface area contributed by atoms with Crippen molar-refractivity contribution in [2.75, 3.05) is 12.3 Å². The molecule has 0 spiro atoms. The van der Waals surface area contributed by atoms with Gasteiger partial charge < -0.3 is 10.2 Å². The Balaban J connectivity index is 1.69. The summed E-state index contributed by atoms with van der Waals surface area (Å²) in [7, 11) is 0. The molecule has 2 aromatic carbocycles. The van der Waals surface area contributed by atoms with Crippen LogP contribution in [0.4, 0.5) is 0 Å². The van der Waals surface area contributed by atoms with Crippen molar-refractivity contribution >= 4 is 35.2 Å². The topological polar surface area (TPSA) is 49.4 Å². The molecule has 0 bridgehead atoms. The average molecular weight is 403 g/mol. The van der Waals surface area contributed by atoms with Crippen LogP contribution in [0.2, 0.25) is 5.02 Å². The summed E-state index contributed by atoms with van der Waals surface area (Å²) in [6.45, 7) is 4.66. The van der Waals surface area contributed by atoms with Crippen LogP contribution in [0, 0.1) is 6.92 Å². The van der Waals surface area contributed by atoms with Crippen LogP contribution >= 0.6 is 23.4 Å². The van der Waals surface area contributed by atoms with Crippen molar-refractivity contribution in [1.82, 2.24) is 10.2 Å². The molecule has 1 heterocycles. The number of carbonyl (C=O) groups excluding carboxylic acids is 2. The maximum atomic E-state index is 13.1. The van der Waals surface area contributed by atoms with Crippen molar-refractivity contribution in [1.29, 1.82) is 0 Å². The van der Waals surface area contributed by atoms with Gasteiger partial charge in [-0.05, 0) is 42.2 Å². The Hall–Kier alpha value is -1.98. The number of nitrogens with one attached hydrogen (secondary N) is 1. The van der Waals surface area contributed by atoms with Gasteiger partial charge >= 0.3 is 0 Å². The zero-order chi connectivity index (χ0) is 19.4. The predicted molar refractivity (Wildman–Crippen MR) is 110 cm³/mol. The molecule has 1 unspecified atom stereocenters. The number of amides is 2. The lowest BCUT2D eigenvalue weighted by Crippen LogP contribution is -2.50. The summed E-state index contributed by atoms with van der Waals surface area (Å²) in [5, 5.41) is 3.52. The second-order valence-electron chi connectivity index (χ2n) is 6.75. The Bertz CT molecular complexity index is 856. The largest absolute Gasteiger partial charge is 0.344 e. The highest BCUT2D eigenvalue weighted by Gasteiger charge is 2.28. The van der Waals surface area contributed by atoms with Crippen LogP contribution in [0.1, 0.15) is 23.6 Å². The minimum Gasteiger partial charge on any atom is -0.344 e. The monoisotopic (exact) mass is 402 g/mol. The van der Waals surface area contributed by atoms with E-state index in [4.69, 9.17) is 11.6 Å². The highest BCUT2D eigenvalue weighted by molar-refractivity contribution is 7.99. The fourth-order valence-corrected chi connectivity index (χ4v) is 4.36. The average Bonchev–Trinajstić information content (AvgIpc) is 2.66. The molecular weight excluding hydrogens is 380 g/mol. The third-order valence-electron chi connectivity index (χ3n) is 4.68. The number of nitrogens with zero attached hydrogens (tertiary/aromatic N) is 1. The minimum atomic E-state index is -0.558. The van der Waals surface area contributed by atoms with Gasteiger partial charge in [0, 0.05) is 35.7 Å². The Labute approximate surface area is 169 Å². The van der Waals surface area contributed by atoms with Crippen molar-refractivity contribution < 1.29 is 9.59 Å². The molecule has 2 aromatic rings. The van der Waals surface area contributed by atoms with Crippen molar-refractivity contribution in [2.24, 2.45) is 0 Å². The van der Waals surface area contributed by atoms with Crippen molar-refractivity contribution in [2.45, 2.75) is 37.8 Å². The molecule has 4 nitrogen and oxygen atoms in total. The number of halogens is 1. The molecule has 0 fully saturated rings. The van der Waals surface area contributed by atoms with Gasteiger partial charge in [0.05, 0.1) is 0 Å². The molecule has 1 N–H and O–H groups in total. The molecule has 0 saturated carbocycles. The number of thioether (sulfide) groups is 1. The quantitative estimate of drug-likeness (QED) is 0.773. The first-order valence-electron chi connectivity index (χ1n) is 8.95. The van der Waals surface area contributed by atoms with Gasteiger partial charge in [0.15, 0.2) is 0 Å². The highest BCUT2D eigenvalue weighted by atomic mass is 35.5. The summed E-state index contributed by atoms with van der Waals surface area (Å²) in [6.07, 6.45) is 0.843. The maximum absolute atomic E-state index is 13.1. The molecule has 1 atom stereocenters. The fourth-order valence-electron chi connectivity index (χ4n) is 3.17. The second-order valence-corrected chi connectivity index (χ2v) is 8.25. The lowest BCUT2D eigenvalue weighted by Gasteiger charge is -2.32. The molecule has 3 rings (SSSR count). The van der Waals surface area contributed by atoms with Gasteiger partial charge in [-0.3, -0.25) is 9.59 Å². The van der Waals surface area contributed by atoms with Crippen LogP contribution < -0.4 is 5.32 Å². The van der Waals surface area contributed by atoms with E-state index in [0.717, 1.165) is 16.9 Å². The van der Waals surface area contributed by atoms with Crippen LogP contribution in [0.25, 0.3) is 0 Å². The summed E-state index contributed by atoms with van der Waals surface area (Å²) >= 11 is 7.71. The maximum Gasteiger partial charge on any atom is 0.246 e. The predicted octanol–water partition coefficient (Wildman–Crippen LogP) is 3.83. The zero-order valence-electron chi connectivity index (χ0n) is 15.5. The molecule has 142 valence electrons. The van der Waals surface area contributed by atoms with Crippen molar-refractivity contribution in [3.8, 4) is 0 Å². The van der Waals surface area contributed by atoms with E-state index in [2.05, 4.69) is 17.4 Å². The van der Waals surface area contributed by atoms with Crippen LogP contribution in [0.3, 0.4) is 0 Å². The minimum absolute atomic E-state index is 0.0367. The molecule has 2 amide bonds. The first-order chi connectivity index (χ1) is 12.9. The molecule has 6 heteroatoms. The summed E-state index contributed by atoms with van der Waals surface area (Å²) in [5.41, 5.74) is 3.49. The van der Waals surface area contributed by atoms with Crippen LogP contribution in [0.15, 0.2) is 47.4 Å². The number of fused-ring (bicyclic) bond motifs is 1. The van der Waals surface area contributed by atoms with E-state index in [9.17, 15) is 9.59 Å². The van der Waals surface area contributed by atoms with E-state index in [1.54, 1.807) is 0 Å². The first-order valence-corrected chi connectivity index (χ1v) is 10.3. The zero-order valence-corrected chi connectivity index (χ0v) is 17.1. The van der Waals surface area contributed by atoms with E-state index >= 15 is 0 Å². The lowest BCUT2D eigenvalue weighted by atomic mass is 9.99. The van der Waals surface area contributed by atoms with Gasteiger partial charge in [-0.2, -0.15) is 0 Å². The Kier molecular flexibility index (Phi) is 6.45. The van der Waals surface area contributed by atoms with E-state index in [-0.39, 0.29) is 11.8 Å². The Morgan fingerprint density at radius 1 is 1.22 bits per heavy atom. The molecule has 1 aliphatic heterocycles. The number of rotatable bonds is 5. The highest BCUT2D eigenvalue weighted by Crippen LogP contribution is 2.26. The number of aryl methyl sites for hydroxylation is 1. The van der Waals surface area contributed by atoms with Gasteiger partial charge in [-0.1, -0.05) is 41.9 Å². The van der Waals surface area contributed by atoms with Crippen molar-refractivity contribution in [3.63, 3.8) is 0 Å². The van der Waals surface area contributed by atoms with E-state index in [1.807, 2.05) is 42.2 Å². The smallest absolute Gasteiger partial charge is 0.246 e. The second kappa shape index (κ2) is 8.81. The van der Waals surface area contributed by atoms with Crippen LogP contribution in [-0.4, -0.2) is 35.1 Å². The summed E-state index contributed by atoms with van der Waals surface area (Å²) in [6, 6.07) is 13.5. The molecule has 27 heavy (non-hydrogen) atoms. The standard InChI is InChI=1S/C21H23ClN2O2S/c1-14-7-8-18(11-19(14)22)27-13-20(23-15(2)25)21(26)24-10-9-16-5-3-4-6-17(16)12-24/h3-8,11,20H,9-10,12-13H2,1-2H3,(H,23,25). The molecule has 0 saturated heterocycles. The van der Waals surface area contributed by atoms with Crippen LogP contribution in [-0.2, 0) is 22.6 Å². The van der Waals surface area contributed by atoms with E-state index in [0.29, 0.717) is 23.9 Å². The number of carbonyl (C=O) groups is 2. The summed E-state index contributed by atoms with van der Waals surface area (Å²) in [5.74, 6) is 0.231. The van der Waals surface area contributed by atoms with Crippen molar-refractivity contribution in [3.05, 3.63) is 64.2 Å². The SMILES string of the molecule is CC(=O)NC(CSc1ccc(C)c(Cl)c1)C(=O)N1CCc2ccccc2C1. The van der Waals surface area contributed by atoms with Gasteiger partial charge in [-0.25, -0.2) is 0 Å². The number of benzene rings is 2. The number of hydrogen-bond donors (Lipinski definition) is 1. The van der Waals surface area contributed by atoms with Gasteiger partial charge in [0.25, 0.3) is 0 Å². The molecule has 0 aromatic heterocycles. The first kappa shape index (κ1) is 19.8. The molecular formula is C21H23ClN2O2S. The normalized spacial score (nSPS) is 14.4. The molecule has 0 radical (unpaired) electrons. The number of hydrogen-bond acceptors (Lipinski definition) is 3. The fraction of sp³-hybridized carbons (Fsp3) is 0.333. The lowest BCUT2D eigenvalue weighted by molar-refractivity contribution is -0.136. The third kappa shape index (κ3) is 5.05. The Morgan fingerprint density at radius 3 is 2.67 bits per heavy atom.